The predicted molar refractivity (Wildman–Crippen MR) is 108 cm³/mol. The van der Waals surface area contributed by atoms with E-state index in [9.17, 15) is 0 Å². The fraction of sp³-hybridized carbons (Fsp3) is 0.444. The lowest BCUT2D eigenvalue weighted by molar-refractivity contribution is 0.303. The van der Waals surface area contributed by atoms with Crippen molar-refractivity contribution in [2.75, 3.05) is 37.8 Å². The molecule has 0 aliphatic heterocycles. The highest BCUT2D eigenvalue weighted by atomic mass is 32.2. The van der Waals surface area contributed by atoms with Gasteiger partial charge in [0.05, 0.1) is 11.2 Å². The number of thioether (sulfide) groups is 1. The number of pyridine rings is 1. The zero-order valence-electron chi connectivity index (χ0n) is 14.5. The molecule has 128 valence electrons. The maximum Gasteiger partial charge on any atom is 0.152 e. The van der Waals surface area contributed by atoms with E-state index >= 15 is 0 Å². The summed E-state index contributed by atoms with van der Waals surface area (Å²) in [6.07, 6.45) is 3.19. The number of hydrogen-bond acceptors (Lipinski definition) is 6. The second-order valence-corrected chi connectivity index (χ2v) is 7.68. The fourth-order valence-corrected chi connectivity index (χ4v) is 4.32. The lowest BCUT2D eigenvalue weighted by atomic mass is 10.1. The molecule has 3 rings (SSSR count). The van der Waals surface area contributed by atoms with E-state index in [-0.39, 0.29) is 0 Å². The van der Waals surface area contributed by atoms with E-state index in [0.717, 1.165) is 63.9 Å². The SMILES string of the molecule is CCN(CC)CCCNc1c2ccccc2nc2sc(SC)nc12. The number of para-hydroxylation sites is 1. The van der Waals surface area contributed by atoms with Gasteiger partial charge in [0.15, 0.2) is 4.34 Å². The molecule has 2 heterocycles. The Morgan fingerprint density at radius 1 is 1.17 bits per heavy atom. The van der Waals surface area contributed by atoms with Crippen LogP contribution < -0.4 is 5.32 Å². The molecule has 0 aliphatic rings. The van der Waals surface area contributed by atoms with Crippen molar-refractivity contribution in [3.8, 4) is 0 Å². The Balaban J connectivity index is 1.87. The molecule has 3 aromatic rings. The van der Waals surface area contributed by atoms with Crippen LogP contribution in [0.2, 0.25) is 0 Å². The molecule has 0 atom stereocenters. The average molecular weight is 361 g/mol. The second-order valence-electron chi connectivity index (χ2n) is 5.65. The minimum atomic E-state index is 0.950. The summed E-state index contributed by atoms with van der Waals surface area (Å²) in [5.74, 6) is 0. The van der Waals surface area contributed by atoms with Gasteiger partial charge in [-0.25, -0.2) is 9.97 Å². The number of anilines is 1. The molecule has 0 aliphatic carbocycles. The molecule has 0 spiro atoms. The molecule has 4 nitrogen and oxygen atoms in total. The van der Waals surface area contributed by atoms with Crippen LogP contribution in [-0.2, 0) is 0 Å². The van der Waals surface area contributed by atoms with E-state index in [1.54, 1.807) is 23.1 Å². The number of nitrogens with one attached hydrogen (secondary N) is 1. The molecule has 0 fully saturated rings. The van der Waals surface area contributed by atoms with Crippen LogP contribution in [-0.4, -0.2) is 47.3 Å². The first-order valence-corrected chi connectivity index (χ1v) is 10.5. The van der Waals surface area contributed by atoms with Crippen molar-refractivity contribution in [1.82, 2.24) is 14.9 Å². The monoisotopic (exact) mass is 360 g/mol. The van der Waals surface area contributed by atoms with Crippen LogP contribution in [0.25, 0.3) is 21.3 Å². The zero-order valence-corrected chi connectivity index (χ0v) is 16.1. The maximum atomic E-state index is 4.78. The zero-order chi connectivity index (χ0) is 16.9. The highest BCUT2D eigenvalue weighted by molar-refractivity contribution is 8.00. The molecule has 24 heavy (non-hydrogen) atoms. The van der Waals surface area contributed by atoms with E-state index in [1.807, 2.05) is 6.07 Å². The van der Waals surface area contributed by atoms with Crippen molar-refractivity contribution in [3.05, 3.63) is 24.3 Å². The van der Waals surface area contributed by atoms with E-state index < -0.39 is 0 Å². The minimum Gasteiger partial charge on any atom is -0.383 e. The molecule has 0 radical (unpaired) electrons. The van der Waals surface area contributed by atoms with Crippen molar-refractivity contribution < 1.29 is 0 Å². The van der Waals surface area contributed by atoms with Gasteiger partial charge in [-0.2, -0.15) is 0 Å². The standard InChI is InChI=1S/C18H24N4S2/c1-4-22(5-2)12-8-11-19-15-13-9-6-7-10-14(13)20-17-16(15)21-18(23-3)24-17/h6-7,9-10H,4-5,8,11-12H2,1-3H3,(H,19,20). The van der Waals surface area contributed by atoms with Crippen LogP contribution >= 0.6 is 23.1 Å². The number of thiazole rings is 1. The number of fused-ring (bicyclic) bond motifs is 2. The van der Waals surface area contributed by atoms with E-state index in [1.165, 1.54) is 0 Å². The quantitative estimate of drug-likeness (QED) is 0.465. The lowest BCUT2D eigenvalue weighted by Crippen LogP contribution is -2.25. The molecule has 6 heteroatoms. The van der Waals surface area contributed by atoms with Gasteiger partial charge >= 0.3 is 0 Å². The molecule has 0 amide bonds. The van der Waals surface area contributed by atoms with Gasteiger partial charge < -0.3 is 10.2 Å². The summed E-state index contributed by atoms with van der Waals surface area (Å²) in [5.41, 5.74) is 3.17. The summed E-state index contributed by atoms with van der Waals surface area (Å²) in [6.45, 7) is 8.74. The third-order valence-corrected chi connectivity index (χ3v) is 6.18. The first-order valence-electron chi connectivity index (χ1n) is 8.46. The van der Waals surface area contributed by atoms with Gasteiger partial charge in [0, 0.05) is 11.9 Å². The van der Waals surface area contributed by atoms with Crippen molar-refractivity contribution in [2.24, 2.45) is 0 Å². The Hall–Kier alpha value is -1.37. The van der Waals surface area contributed by atoms with E-state index in [0.29, 0.717) is 0 Å². The number of hydrogen-bond donors (Lipinski definition) is 1. The Labute approximate surface area is 151 Å². The first-order chi connectivity index (χ1) is 11.8. The molecule has 0 saturated heterocycles. The van der Waals surface area contributed by atoms with Crippen LogP contribution in [0, 0.1) is 0 Å². The molecular weight excluding hydrogens is 336 g/mol. The molecule has 0 unspecified atom stereocenters. The van der Waals surface area contributed by atoms with Crippen LogP contribution in [0.4, 0.5) is 5.69 Å². The molecule has 1 N–H and O–H groups in total. The number of benzene rings is 1. The molecule has 0 saturated carbocycles. The summed E-state index contributed by atoms with van der Waals surface area (Å²) >= 11 is 3.35. The number of aromatic nitrogens is 2. The first kappa shape index (κ1) is 17.5. The highest BCUT2D eigenvalue weighted by Crippen LogP contribution is 2.35. The van der Waals surface area contributed by atoms with Gasteiger partial charge in [-0.1, -0.05) is 55.1 Å². The van der Waals surface area contributed by atoms with Gasteiger partial charge in [0.25, 0.3) is 0 Å². The van der Waals surface area contributed by atoms with Crippen molar-refractivity contribution >= 4 is 50.0 Å². The van der Waals surface area contributed by atoms with Crippen LogP contribution in [0.3, 0.4) is 0 Å². The van der Waals surface area contributed by atoms with Gasteiger partial charge in [0.1, 0.15) is 10.3 Å². The van der Waals surface area contributed by atoms with Crippen molar-refractivity contribution in [1.29, 1.82) is 0 Å². The van der Waals surface area contributed by atoms with Crippen LogP contribution in [0.1, 0.15) is 20.3 Å². The van der Waals surface area contributed by atoms with Crippen molar-refractivity contribution in [2.45, 2.75) is 24.6 Å². The van der Waals surface area contributed by atoms with Gasteiger partial charge in [-0.15, -0.1) is 0 Å². The van der Waals surface area contributed by atoms with Crippen LogP contribution in [0.5, 0.6) is 0 Å². The van der Waals surface area contributed by atoms with Crippen molar-refractivity contribution in [3.63, 3.8) is 0 Å². The minimum absolute atomic E-state index is 0.950. The molecule has 0 bridgehead atoms. The summed E-state index contributed by atoms with van der Waals surface area (Å²) in [4.78, 5) is 13.0. The second kappa shape index (κ2) is 8.14. The summed E-state index contributed by atoms with van der Waals surface area (Å²) < 4.78 is 1.07. The highest BCUT2D eigenvalue weighted by Gasteiger charge is 2.13. The Kier molecular flexibility index (Phi) is 5.92. The normalized spacial score (nSPS) is 11.7. The molecule has 1 aromatic carbocycles. The fourth-order valence-electron chi connectivity index (χ4n) is 2.87. The Bertz CT molecular complexity index is 811. The average Bonchev–Trinajstić information content (AvgIpc) is 3.04. The molecule has 2 aromatic heterocycles. The van der Waals surface area contributed by atoms with Gasteiger partial charge in [-0.05, 0) is 38.4 Å². The summed E-state index contributed by atoms with van der Waals surface area (Å²) in [7, 11) is 0. The largest absolute Gasteiger partial charge is 0.383 e. The number of rotatable bonds is 8. The third kappa shape index (κ3) is 3.66. The third-order valence-electron chi connectivity index (χ3n) is 4.24. The summed E-state index contributed by atoms with van der Waals surface area (Å²) in [6, 6.07) is 8.32. The topological polar surface area (TPSA) is 41.0 Å². The summed E-state index contributed by atoms with van der Waals surface area (Å²) in [5, 5.41) is 4.80. The van der Waals surface area contributed by atoms with Gasteiger partial charge in [-0.3, -0.25) is 0 Å². The van der Waals surface area contributed by atoms with Gasteiger partial charge in [0.2, 0.25) is 0 Å². The van der Waals surface area contributed by atoms with E-state index in [4.69, 9.17) is 9.97 Å². The molecular formula is C18H24N4S2. The lowest BCUT2D eigenvalue weighted by Gasteiger charge is -2.18. The Morgan fingerprint density at radius 3 is 2.71 bits per heavy atom. The van der Waals surface area contributed by atoms with Crippen LogP contribution in [0.15, 0.2) is 28.6 Å². The Morgan fingerprint density at radius 2 is 1.96 bits per heavy atom. The smallest absolute Gasteiger partial charge is 0.152 e. The number of nitrogens with zero attached hydrogens (tertiary/aromatic N) is 3. The predicted octanol–water partition coefficient (Wildman–Crippen LogP) is 4.71. The van der Waals surface area contributed by atoms with E-state index in [2.05, 4.69) is 48.5 Å². The maximum absolute atomic E-state index is 4.78.